The van der Waals surface area contributed by atoms with Crippen molar-refractivity contribution in [2.75, 3.05) is 0 Å². The summed E-state index contributed by atoms with van der Waals surface area (Å²) >= 11 is 5.86. The second-order valence-corrected chi connectivity index (χ2v) is 7.39. The number of rotatable bonds is 3. The number of ether oxygens (including phenoxy) is 2. The van der Waals surface area contributed by atoms with Gasteiger partial charge < -0.3 is 9.47 Å². The zero-order chi connectivity index (χ0) is 17.5. The lowest BCUT2D eigenvalue weighted by Crippen LogP contribution is -2.34. The molecule has 0 saturated carbocycles. The molecule has 2 atom stereocenters. The summed E-state index contributed by atoms with van der Waals surface area (Å²) in [6.45, 7) is 0. The molecular formula is C20H19ClO4. The van der Waals surface area contributed by atoms with Crippen molar-refractivity contribution in [3.8, 4) is 0 Å². The molecule has 4 nitrogen and oxygen atoms in total. The fraction of sp³-hybridized carbons (Fsp3) is 0.400. The first-order valence-corrected chi connectivity index (χ1v) is 8.95. The molecular weight excluding hydrogens is 340 g/mol. The molecule has 130 valence electrons. The molecule has 2 heterocycles. The van der Waals surface area contributed by atoms with E-state index in [0.29, 0.717) is 17.0 Å². The number of carbonyl (C=O) groups excluding carboxylic acids is 2. The molecule has 1 aromatic carbocycles. The van der Waals surface area contributed by atoms with Gasteiger partial charge in [0, 0.05) is 29.8 Å². The van der Waals surface area contributed by atoms with Gasteiger partial charge >= 0.3 is 0 Å². The van der Waals surface area contributed by atoms with Crippen molar-refractivity contribution >= 4 is 23.2 Å². The van der Waals surface area contributed by atoms with Crippen molar-refractivity contribution in [3.05, 3.63) is 59.2 Å². The predicted octanol–water partition coefficient (Wildman–Crippen LogP) is 4.03. The Balaban J connectivity index is 1.39. The van der Waals surface area contributed by atoms with E-state index in [1.807, 2.05) is 12.2 Å². The number of hydrogen-bond donors (Lipinski definition) is 0. The number of benzene rings is 1. The van der Waals surface area contributed by atoms with Crippen LogP contribution in [0.25, 0.3) is 0 Å². The highest BCUT2D eigenvalue weighted by molar-refractivity contribution is 6.30. The van der Waals surface area contributed by atoms with Gasteiger partial charge in [0.15, 0.2) is 17.4 Å². The first-order valence-electron chi connectivity index (χ1n) is 8.57. The molecule has 2 saturated heterocycles. The van der Waals surface area contributed by atoms with Gasteiger partial charge in [-0.05, 0) is 61.4 Å². The van der Waals surface area contributed by atoms with Crippen LogP contribution < -0.4 is 0 Å². The van der Waals surface area contributed by atoms with Crippen LogP contribution in [0.4, 0.5) is 0 Å². The lowest BCUT2D eigenvalue weighted by molar-refractivity contribution is -0.222. The van der Waals surface area contributed by atoms with Crippen LogP contribution in [0.15, 0.2) is 48.6 Å². The van der Waals surface area contributed by atoms with E-state index in [0.717, 1.165) is 25.7 Å². The molecule has 5 heteroatoms. The monoisotopic (exact) mass is 358 g/mol. The van der Waals surface area contributed by atoms with Crippen LogP contribution in [0.5, 0.6) is 0 Å². The summed E-state index contributed by atoms with van der Waals surface area (Å²) in [5.41, 5.74) is 0.109. The highest BCUT2D eigenvalue weighted by atomic mass is 35.5. The van der Waals surface area contributed by atoms with Gasteiger partial charge in [-0.1, -0.05) is 11.6 Å². The van der Waals surface area contributed by atoms with Gasteiger partial charge in [-0.3, -0.25) is 9.59 Å². The van der Waals surface area contributed by atoms with Gasteiger partial charge in [-0.2, -0.15) is 0 Å². The molecule has 1 aromatic rings. The molecule has 3 aliphatic rings. The quantitative estimate of drug-likeness (QED) is 0.765. The smallest absolute Gasteiger partial charge is 0.178 e. The van der Waals surface area contributed by atoms with Gasteiger partial charge in [0.25, 0.3) is 0 Å². The van der Waals surface area contributed by atoms with Crippen LogP contribution >= 0.6 is 11.6 Å². The van der Waals surface area contributed by atoms with E-state index in [9.17, 15) is 9.59 Å². The maximum absolute atomic E-state index is 12.4. The molecule has 1 aliphatic carbocycles. The number of hydrogen-bond acceptors (Lipinski definition) is 4. The molecule has 0 N–H and O–H groups in total. The number of allylic oxidation sites excluding steroid dienone is 2. The van der Waals surface area contributed by atoms with E-state index >= 15 is 0 Å². The summed E-state index contributed by atoms with van der Waals surface area (Å²) in [5, 5.41) is 0.615. The Morgan fingerprint density at radius 2 is 1.84 bits per heavy atom. The van der Waals surface area contributed by atoms with Gasteiger partial charge in [0.1, 0.15) is 5.60 Å². The molecule has 0 aromatic heterocycles. The highest BCUT2D eigenvalue weighted by Gasteiger charge is 2.52. The Kier molecular flexibility index (Phi) is 4.14. The van der Waals surface area contributed by atoms with Crippen LogP contribution in [0.3, 0.4) is 0 Å². The lowest BCUT2D eigenvalue weighted by Gasteiger charge is -2.29. The summed E-state index contributed by atoms with van der Waals surface area (Å²) in [5.74, 6) is -0.608. The molecule has 25 heavy (non-hydrogen) atoms. The van der Waals surface area contributed by atoms with Crippen LogP contribution in [-0.2, 0) is 14.3 Å². The van der Waals surface area contributed by atoms with E-state index in [1.54, 1.807) is 36.4 Å². The second kappa shape index (κ2) is 6.20. The number of carbonyl (C=O) groups is 2. The topological polar surface area (TPSA) is 52.6 Å². The number of ketones is 2. The van der Waals surface area contributed by atoms with E-state index in [1.165, 1.54) is 0 Å². The largest absolute Gasteiger partial charge is 0.346 e. The molecule has 0 amide bonds. The Bertz CT molecular complexity index is 748. The SMILES string of the molecule is O=C1C=CC2(C=C1)CC[C@]1(CC[C@@H](CC(=O)c3ccc(Cl)cc3)O1)O2. The zero-order valence-corrected chi connectivity index (χ0v) is 14.5. The van der Waals surface area contributed by atoms with Gasteiger partial charge in [-0.25, -0.2) is 0 Å². The second-order valence-electron chi connectivity index (χ2n) is 6.95. The van der Waals surface area contributed by atoms with Crippen LogP contribution in [0.1, 0.15) is 42.5 Å². The van der Waals surface area contributed by atoms with Gasteiger partial charge in [0.05, 0.1) is 6.10 Å². The average Bonchev–Trinajstić information content (AvgIpc) is 3.15. The first-order chi connectivity index (χ1) is 12.0. The standard InChI is InChI=1S/C20H19ClO4/c21-15-3-1-14(2-4-15)18(23)13-17-7-10-20(24-17)12-11-19(25-20)8-5-16(22)6-9-19/h1-6,8-9,17H,7,10-13H2/t17-,20-/m0/s1. The zero-order valence-electron chi connectivity index (χ0n) is 13.7. The van der Waals surface area contributed by atoms with E-state index in [2.05, 4.69) is 0 Å². The van der Waals surface area contributed by atoms with Crippen LogP contribution in [0, 0.1) is 0 Å². The summed E-state index contributed by atoms with van der Waals surface area (Å²) in [6, 6.07) is 6.92. The third-order valence-electron chi connectivity index (χ3n) is 5.14. The molecule has 2 spiro atoms. The third kappa shape index (κ3) is 3.34. The molecule has 2 fully saturated rings. The van der Waals surface area contributed by atoms with Crippen LogP contribution in [-0.4, -0.2) is 29.1 Å². The predicted molar refractivity (Wildman–Crippen MR) is 93.6 cm³/mol. The van der Waals surface area contributed by atoms with Crippen molar-refractivity contribution < 1.29 is 19.1 Å². The summed E-state index contributed by atoms with van der Waals surface area (Å²) in [4.78, 5) is 23.8. The average molecular weight is 359 g/mol. The van der Waals surface area contributed by atoms with Crippen molar-refractivity contribution in [1.82, 2.24) is 0 Å². The van der Waals surface area contributed by atoms with E-state index < -0.39 is 11.4 Å². The highest BCUT2D eigenvalue weighted by Crippen LogP contribution is 2.48. The van der Waals surface area contributed by atoms with Crippen molar-refractivity contribution in [1.29, 1.82) is 0 Å². The third-order valence-corrected chi connectivity index (χ3v) is 5.39. The Morgan fingerprint density at radius 3 is 2.56 bits per heavy atom. The maximum Gasteiger partial charge on any atom is 0.178 e. The minimum Gasteiger partial charge on any atom is -0.346 e. The molecule has 0 unspecified atom stereocenters. The molecule has 0 bridgehead atoms. The summed E-state index contributed by atoms with van der Waals surface area (Å²) in [7, 11) is 0. The minimum atomic E-state index is -0.639. The summed E-state index contributed by atoms with van der Waals surface area (Å²) in [6.07, 6.45) is 10.0. The molecule has 0 radical (unpaired) electrons. The van der Waals surface area contributed by atoms with E-state index in [-0.39, 0.29) is 17.7 Å². The van der Waals surface area contributed by atoms with Gasteiger partial charge in [-0.15, -0.1) is 0 Å². The Hall–Kier alpha value is -1.75. The van der Waals surface area contributed by atoms with Crippen molar-refractivity contribution in [2.24, 2.45) is 0 Å². The fourth-order valence-corrected chi connectivity index (χ4v) is 3.92. The summed E-state index contributed by atoms with van der Waals surface area (Å²) < 4.78 is 12.4. The normalized spacial score (nSPS) is 29.8. The van der Waals surface area contributed by atoms with Gasteiger partial charge in [0.2, 0.25) is 0 Å². The van der Waals surface area contributed by atoms with Crippen LogP contribution in [0.2, 0.25) is 5.02 Å². The molecule has 4 rings (SSSR count). The maximum atomic E-state index is 12.4. The fourth-order valence-electron chi connectivity index (χ4n) is 3.79. The lowest BCUT2D eigenvalue weighted by atomic mass is 9.94. The molecule has 2 aliphatic heterocycles. The first kappa shape index (κ1) is 16.7. The number of Topliss-reactive ketones (excluding diaryl/α,β-unsaturated/α-hetero) is 1. The van der Waals surface area contributed by atoms with E-state index in [4.69, 9.17) is 21.1 Å². The number of halogens is 1. The van der Waals surface area contributed by atoms with Crippen molar-refractivity contribution in [3.63, 3.8) is 0 Å². The Morgan fingerprint density at radius 1 is 1.12 bits per heavy atom. The van der Waals surface area contributed by atoms with Crippen molar-refractivity contribution in [2.45, 2.75) is 49.6 Å². The minimum absolute atomic E-state index is 0.0195. The Labute approximate surface area is 151 Å².